The van der Waals surface area contributed by atoms with Gasteiger partial charge in [0.1, 0.15) is 19.3 Å². The Balaban J connectivity index is 5.21. The van der Waals surface area contributed by atoms with Gasteiger partial charge in [0.05, 0.1) is 26.4 Å². The van der Waals surface area contributed by atoms with Gasteiger partial charge in [-0.05, 0) is 37.5 Å². The van der Waals surface area contributed by atoms with Crippen LogP contribution in [0.4, 0.5) is 0 Å². The number of carbonyl (C=O) groups is 4. The lowest BCUT2D eigenvalue weighted by atomic mass is 10.00. The number of aliphatic hydroxyl groups excluding tert-OH is 1. The van der Waals surface area contributed by atoms with E-state index in [1.165, 1.54) is 180 Å². The van der Waals surface area contributed by atoms with E-state index in [1.54, 1.807) is 0 Å². The summed E-state index contributed by atoms with van der Waals surface area (Å²) in [5.74, 6) is -0.666. The molecule has 0 aliphatic heterocycles. The van der Waals surface area contributed by atoms with Crippen LogP contribution in [0.15, 0.2) is 0 Å². The van der Waals surface area contributed by atoms with Crippen molar-refractivity contribution in [2.45, 2.75) is 387 Å². The van der Waals surface area contributed by atoms with Crippen molar-refractivity contribution in [3.63, 3.8) is 0 Å². The third kappa shape index (κ3) is 65.1. The Labute approximate surface area is 556 Å². The summed E-state index contributed by atoms with van der Waals surface area (Å²) in [4.78, 5) is 72.6. The summed E-state index contributed by atoms with van der Waals surface area (Å²) < 4.78 is 68.3. The van der Waals surface area contributed by atoms with Crippen molar-refractivity contribution >= 4 is 39.5 Å². The fourth-order valence-corrected chi connectivity index (χ4v) is 12.5. The number of unbranched alkanes of at least 4 members (excludes halogenated alkanes) is 40. The largest absolute Gasteiger partial charge is 0.472 e. The van der Waals surface area contributed by atoms with E-state index in [2.05, 4.69) is 41.5 Å². The van der Waals surface area contributed by atoms with Crippen molar-refractivity contribution in [2.24, 2.45) is 11.8 Å². The van der Waals surface area contributed by atoms with Gasteiger partial charge in [0.15, 0.2) is 12.2 Å². The second-order valence-corrected chi connectivity index (χ2v) is 29.6. The molecule has 0 radical (unpaired) electrons. The Morgan fingerprint density at radius 3 is 0.835 bits per heavy atom. The smallest absolute Gasteiger partial charge is 0.462 e. The summed E-state index contributed by atoms with van der Waals surface area (Å²) in [7, 11) is -9.90. The van der Waals surface area contributed by atoms with Crippen molar-refractivity contribution in [2.75, 3.05) is 39.6 Å². The van der Waals surface area contributed by atoms with Gasteiger partial charge < -0.3 is 33.8 Å². The van der Waals surface area contributed by atoms with Crippen LogP contribution in [0.1, 0.15) is 369 Å². The zero-order chi connectivity index (χ0) is 67.2. The molecule has 540 valence electrons. The number of hydrogen-bond acceptors (Lipinski definition) is 15. The minimum Gasteiger partial charge on any atom is -0.462 e. The highest BCUT2D eigenvalue weighted by Crippen LogP contribution is 2.45. The number of rotatable bonds is 71. The van der Waals surface area contributed by atoms with Crippen LogP contribution in [0.3, 0.4) is 0 Å². The third-order valence-corrected chi connectivity index (χ3v) is 19.0. The van der Waals surface area contributed by atoms with E-state index < -0.39 is 97.5 Å². The second kappa shape index (κ2) is 64.1. The van der Waals surface area contributed by atoms with Crippen molar-refractivity contribution in [3.8, 4) is 0 Å². The molecule has 0 saturated carbocycles. The van der Waals surface area contributed by atoms with Crippen LogP contribution in [0.2, 0.25) is 0 Å². The standard InChI is InChI=1S/C72H140O17P2/c1-7-10-12-14-16-18-20-21-22-23-24-25-26-27-29-31-37-45-51-57-72(77)88-67(60-82-69(74)54-48-42-35-33-32-34-40-46-52-64(4)5)62-86-90(78,79)84-58-66(73)59-85-91(80,81)87-63-68(61-83-70(75)55-49-43-39-38-41-47-53-65(6)9-3)89-71(76)56-50-44-36-30-28-19-17-15-13-11-8-2/h64-68,73H,7-63H2,1-6H3,(H,78,79)(H,80,81)/t65?,66-,67-,68-/m1/s1. The molecule has 0 rings (SSSR count). The van der Waals surface area contributed by atoms with Gasteiger partial charge in [0, 0.05) is 25.7 Å². The van der Waals surface area contributed by atoms with Gasteiger partial charge in [-0.1, -0.05) is 318 Å². The van der Waals surface area contributed by atoms with Crippen LogP contribution in [0.25, 0.3) is 0 Å². The molecule has 0 amide bonds. The van der Waals surface area contributed by atoms with E-state index in [0.717, 1.165) is 108 Å². The number of phosphoric acid groups is 2. The number of hydrogen-bond donors (Lipinski definition) is 3. The van der Waals surface area contributed by atoms with Gasteiger partial charge in [-0.3, -0.25) is 37.3 Å². The molecule has 6 atom stereocenters. The fourth-order valence-electron chi connectivity index (χ4n) is 10.9. The van der Waals surface area contributed by atoms with Gasteiger partial charge in [0.25, 0.3) is 0 Å². The molecule has 0 aliphatic rings. The summed E-state index contributed by atoms with van der Waals surface area (Å²) in [5.41, 5.74) is 0. The predicted octanol–water partition coefficient (Wildman–Crippen LogP) is 20.8. The summed E-state index contributed by atoms with van der Waals surface area (Å²) >= 11 is 0. The van der Waals surface area contributed by atoms with Crippen molar-refractivity contribution in [3.05, 3.63) is 0 Å². The van der Waals surface area contributed by atoms with Crippen molar-refractivity contribution in [1.82, 2.24) is 0 Å². The Morgan fingerprint density at radius 1 is 0.319 bits per heavy atom. The lowest BCUT2D eigenvalue weighted by Gasteiger charge is -2.21. The first-order valence-corrected chi connectivity index (χ1v) is 40.5. The fraction of sp³-hybridized carbons (Fsp3) is 0.944. The van der Waals surface area contributed by atoms with Crippen molar-refractivity contribution in [1.29, 1.82) is 0 Å². The molecule has 0 aromatic rings. The number of phosphoric ester groups is 2. The van der Waals surface area contributed by atoms with E-state index in [0.29, 0.717) is 25.7 Å². The molecule has 0 saturated heterocycles. The molecule has 19 heteroatoms. The molecule has 0 aliphatic carbocycles. The van der Waals surface area contributed by atoms with Gasteiger partial charge in [-0.2, -0.15) is 0 Å². The molecule has 0 bridgehead atoms. The number of carbonyl (C=O) groups excluding carboxylic acids is 4. The van der Waals surface area contributed by atoms with Crippen LogP contribution in [0.5, 0.6) is 0 Å². The minimum absolute atomic E-state index is 0.106. The van der Waals surface area contributed by atoms with E-state index in [1.807, 2.05) is 0 Å². The maximum Gasteiger partial charge on any atom is 0.472 e. The third-order valence-electron chi connectivity index (χ3n) is 17.1. The normalized spacial score (nSPS) is 14.4. The summed E-state index contributed by atoms with van der Waals surface area (Å²) in [5, 5.41) is 10.6. The molecule has 91 heavy (non-hydrogen) atoms. The van der Waals surface area contributed by atoms with Gasteiger partial charge >= 0.3 is 39.5 Å². The van der Waals surface area contributed by atoms with Gasteiger partial charge in [-0.15, -0.1) is 0 Å². The molecule has 0 fully saturated rings. The second-order valence-electron chi connectivity index (χ2n) is 26.7. The van der Waals surface area contributed by atoms with Crippen LogP contribution in [-0.2, 0) is 65.4 Å². The molecule has 17 nitrogen and oxygen atoms in total. The van der Waals surface area contributed by atoms with Crippen LogP contribution < -0.4 is 0 Å². The minimum atomic E-state index is -4.95. The molecule has 3 N–H and O–H groups in total. The van der Waals surface area contributed by atoms with E-state index in [4.69, 9.17) is 37.0 Å². The van der Waals surface area contributed by atoms with Gasteiger partial charge in [0.2, 0.25) is 0 Å². The molecule has 0 aromatic heterocycles. The average Bonchev–Trinajstić information content (AvgIpc) is 2.68. The summed E-state index contributed by atoms with van der Waals surface area (Å²) in [6, 6.07) is 0. The monoisotopic (exact) mass is 1340 g/mol. The first-order chi connectivity index (χ1) is 43.9. The zero-order valence-corrected chi connectivity index (χ0v) is 60.9. The summed E-state index contributed by atoms with van der Waals surface area (Å²) in [6.07, 6.45) is 50.1. The number of esters is 4. The topological polar surface area (TPSA) is 237 Å². The lowest BCUT2D eigenvalue weighted by Crippen LogP contribution is -2.30. The average molecular weight is 1340 g/mol. The first kappa shape index (κ1) is 89.1. The number of aliphatic hydroxyl groups is 1. The molecule has 3 unspecified atom stereocenters. The van der Waals surface area contributed by atoms with Crippen LogP contribution in [0, 0.1) is 11.8 Å². The van der Waals surface area contributed by atoms with E-state index >= 15 is 0 Å². The summed E-state index contributed by atoms with van der Waals surface area (Å²) in [6.45, 7) is 9.48. The Morgan fingerprint density at radius 2 is 0.560 bits per heavy atom. The lowest BCUT2D eigenvalue weighted by molar-refractivity contribution is -0.161. The zero-order valence-electron chi connectivity index (χ0n) is 59.1. The Kier molecular flexibility index (Phi) is 62.7. The van der Waals surface area contributed by atoms with Gasteiger partial charge in [-0.25, -0.2) is 9.13 Å². The van der Waals surface area contributed by atoms with Crippen molar-refractivity contribution < 1.29 is 80.2 Å². The number of ether oxygens (including phenoxy) is 4. The first-order valence-electron chi connectivity index (χ1n) is 37.5. The van der Waals surface area contributed by atoms with Crippen LogP contribution in [-0.4, -0.2) is 96.7 Å². The maximum atomic E-state index is 13.0. The highest BCUT2D eigenvalue weighted by atomic mass is 31.2. The molecule has 0 spiro atoms. The molecular weight excluding hydrogens is 1200 g/mol. The van der Waals surface area contributed by atoms with E-state index in [-0.39, 0.29) is 25.7 Å². The Hall–Kier alpha value is -1.94. The quantitative estimate of drug-likeness (QED) is 0.0222. The SMILES string of the molecule is CCCCCCCCCCCCCCCCCCCCCC(=O)O[C@H](COC(=O)CCCCCCCCCCC(C)C)COP(=O)(O)OC[C@@H](O)COP(=O)(O)OC[C@@H](COC(=O)CCCCCCCCC(C)CC)OC(=O)CCCCCCCCCCCCC. The maximum absolute atomic E-state index is 13.0. The molecule has 0 aromatic carbocycles. The Bertz CT molecular complexity index is 1770. The molecule has 0 heterocycles. The predicted molar refractivity (Wildman–Crippen MR) is 368 cm³/mol. The highest BCUT2D eigenvalue weighted by Gasteiger charge is 2.30. The molecular formula is C72H140O17P2. The highest BCUT2D eigenvalue weighted by molar-refractivity contribution is 7.47. The van der Waals surface area contributed by atoms with E-state index in [9.17, 15) is 43.2 Å². The van der Waals surface area contributed by atoms with Crippen LogP contribution >= 0.6 is 15.6 Å².